The van der Waals surface area contributed by atoms with Crippen molar-refractivity contribution in [1.82, 2.24) is 14.5 Å². The van der Waals surface area contributed by atoms with Gasteiger partial charge in [0.1, 0.15) is 6.04 Å². The van der Waals surface area contributed by atoms with Crippen LogP contribution in [0.15, 0.2) is 53.4 Å². The zero-order valence-corrected chi connectivity index (χ0v) is 19.0. The van der Waals surface area contributed by atoms with Crippen LogP contribution in [0.5, 0.6) is 0 Å². The van der Waals surface area contributed by atoms with Gasteiger partial charge in [0.2, 0.25) is 21.8 Å². The molecule has 0 saturated heterocycles. The van der Waals surface area contributed by atoms with Gasteiger partial charge >= 0.3 is 0 Å². The van der Waals surface area contributed by atoms with Gasteiger partial charge < -0.3 is 10.2 Å². The molecule has 0 bridgehead atoms. The SMILES string of the molecule is CNC(=O)[C@H](C)N(Cc1cccc(C)c1)C(=O)CN(C)S(=O)(=O)c1ccc(Cl)cc1. The Kier molecular flexibility index (Phi) is 8.00. The number of benzene rings is 2. The Balaban J connectivity index is 2.26. The molecule has 0 aliphatic heterocycles. The van der Waals surface area contributed by atoms with Gasteiger partial charge in [-0.3, -0.25) is 9.59 Å². The molecule has 9 heteroatoms. The number of amides is 2. The molecule has 2 aromatic rings. The number of carbonyl (C=O) groups excluding carboxylic acids is 2. The number of hydrogen-bond acceptors (Lipinski definition) is 4. The lowest BCUT2D eigenvalue weighted by Crippen LogP contribution is -2.50. The van der Waals surface area contributed by atoms with E-state index in [4.69, 9.17) is 11.6 Å². The Morgan fingerprint density at radius 1 is 1.13 bits per heavy atom. The Morgan fingerprint density at radius 2 is 1.77 bits per heavy atom. The van der Waals surface area contributed by atoms with Crippen molar-refractivity contribution >= 4 is 33.4 Å². The van der Waals surface area contributed by atoms with Gasteiger partial charge in [0, 0.05) is 25.7 Å². The molecule has 0 fully saturated rings. The molecule has 0 aliphatic carbocycles. The van der Waals surface area contributed by atoms with Crippen LogP contribution in [0.4, 0.5) is 0 Å². The summed E-state index contributed by atoms with van der Waals surface area (Å²) in [4.78, 5) is 26.7. The lowest BCUT2D eigenvalue weighted by molar-refractivity contribution is -0.140. The minimum atomic E-state index is -3.89. The molecule has 30 heavy (non-hydrogen) atoms. The van der Waals surface area contributed by atoms with Crippen molar-refractivity contribution in [2.24, 2.45) is 0 Å². The fourth-order valence-corrected chi connectivity index (χ4v) is 4.20. The molecular weight excluding hydrogens is 426 g/mol. The monoisotopic (exact) mass is 451 g/mol. The number of hydrogen-bond donors (Lipinski definition) is 1. The molecular formula is C21H26ClN3O4S. The number of carbonyl (C=O) groups is 2. The first-order chi connectivity index (χ1) is 14.1. The smallest absolute Gasteiger partial charge is 0.243 e. The molecule has 0 heterocycles. The molecule has 2 aromatic carbocycles. The summed E-state index contributed by atoms with van der Waals surface area (Å²) >= 11 is 5.83. The first-order valence-electron chi connectivity index (χ1n) is 9.34. The van der Waals surface area contributed by atoms with Crippen LogP contribution in [-0.4, -0.2) is 56.1 Å². The molecule has 2 rings (SSSR count). The lowest BCUT2D eigenvalue weighted by atomic mass is 10.1. The van der Waals surface area contributed by atoms with Crippen LogP contribution in [0, 0.1) is 6.92 Å². The van der Waals surface area contributed by atoms with E-state index in [0.717, 1.165) is 15.4 Å². The highest BCUT2D eigenvalue weighted by Gasteiger charge is 2.29. The minimum absolute atomic E-state index is 0.0341. The molecule has 0 aliphatic rings. The molecule has 0 saturated carbocycles. The largest absolute Gasteiger partial charge is 0.357 e. The molecule has 0 unspecified atom stereocenters. The van der Waals surface area contributed by atoms with Crippen LogP contribution in [0.2, 0.25) is 5.02 Å². The van der Waals surface area contributed by atoms with E-state index in [9.17, 15) is 18.0 Å². The second-order valence-corrected chi connectivity index (χ2v) is 9.50. The van der Waals surface area contributed by atoms with E-state index in [1.54, 1.807) is 6.92 Å². The average molecular weight is 452 g/mol. The summed E-state index contributed by atoms with van der Waals surface area (Å²) in [6.45, 7) is 3.33. The molecule has 0 spiro atoms. The normalized spacial score (nSPS) is 12.5. The predicted octanol–water partition coefficient (Wildman–Crippen LogP) is 2.43. The summed E-state index contributed by atoms with van der Waals surface area (Å²) in [5.74, 6) is -0.813. The van der Waals surface area contributed by atoms with Crippen LogP contribution in [-0.2, 0) is 26.2 Å². The van der Waals surface area contributed by atoms with Gasteiger partial charge in [-0.1, -0.05) is 41.4 Å². The summed E-state index contributed by atoms with van der Waals surface area (Å²) in [6.07, 6.45) is 0. The van der Waals surface area contributed by atoms with Crippen LogP contribution in [0.1, 0.15) is 18.1 Å². The van der Waals surface area contributed by atoms with E-state index in [0.29, 0.717) is 5.02 Å². The fraction of sp³-hybridized carbons (Fsp3) is 0.333. The quantitative estimate of drug-likeness (QED) is 0.667. The average Bonchev–Trinajstić information content (AvgIpc) is 2.71. The zero-order chi connectivity index (χ0) is 22.5. The van der Waals surface area contributed by atoms with Crippen molar-refractivity contribution in [3.63, 3.8) is 0 Å². The fourth-order valence-electron chi connectivity index (χ4n) is 2.95. The zero-order valence-electron chi connectivity index (χ0n) is 17.4. The molecule has 0 radical (unpaired) electrons. The minimum Gasteiger partial charge on any atom is -0.357 e. The third kappa shape index (κ3) is 5.81. The van der Waals surface area contributed by atoms with E-state index < -0.39 is 28.5 Å². The molecule has 0 aromatic heterocycles. The first kappa shape index (κ1) is 23.9. The van der Waals surface area contributed by atoms with Gasteiger partial charge in [-0.2, -0.15) is 4.31 Å². The van der Waals surface area contributed by atoms with Crippen molar-refractivity contribution in [2.75, 3.05) is 20.6 Å². The van der Waals surface area contributed by atoms with E-state index >= 15 is 0 Å². The van der Waals surface area contributed by atoms with Gasteiger partial charge in [-0.05, 0) is 43.7 Å². The number of sulfonamides is 1. The highest BCUT2D eigenvalue weighted by atomic mass is 35.5. The van der Waals surface area contributed by atoms with Crippen molar-refractivity contribution in [1.29, 1.82) is 0 Å². The van der Waals surface area contributed by atoms with Gasteiger partial charge in [0.15, 0.2) is 0 Å². The Hall–Kier alpha value is -2.42. The van der Waals surface area contributed by atoms with Crippen molar-refractivity contribution < 1.29 is 18.0 Å². The Bertz CT molecular complexity index is 1010. The molecule has 1 atom stereocenters. The van der Waals surface area contributed by atoms with E-state index in [1.165, 1.54) is 43.3 Å². The predicted molar refractivity (Wildman–Crippen MR) is 117 cm³/mol. The third-order valence-electron chi connectivity index (χ3n) is 4.73. The van der Waals surface area contributed by atoms with Crippen molar-refractivity contribution in [3.05, 3.63) is 64.7 Å². The maximum absolute atomic E-state index is 13.1. The van der Waals surface area contributed by atoms with E-state index in [-0.39, 0.29) is 17.3 Å². The Labute approximate surface area is 182 Å². The number of nitrogens with one attached hydrogen (secondary N) is 1. The highest BCUT2D eigenvalue weighted by Crippen LogP contribution is 2.18. The van der Waals surface area contributed by atoms with E-state index in [1.807, 2.05) is 31.2 Å². The van der Waals surface area contributed by atoms with Gasteiger partial charge in [-0.15, -0.1) is 0 Å². The number of likely N-dealkylation sites (N-methyl/N-ethyl adjacent to an activating group) is 2. The maximum Gasteiger partial charge on any atom is 0.243 e. The summed E-state index contributed by atoms with van der Waals surface area (Å²) in [5.41, 5.74) is 1.87. The molecule has 1 N–H and O–H groups in total. The third-order valence-corrected chi connectivity index (χ3v) is 6.80. The van der Waals surface area contributed by atoms with Crippen molar-refractivity contribution in [2.45, 2.75) is 31.3 Å². The topological polar surface area (TPSA) is 86.8 Å². The Morgan fingerprint density at radius 3 is 2.33 bits per heavy atom. The number of rotatable bonds is 8. The summed E-state index contributed by atoms with van der Waals surface area (Å²) in [7, 11) is -1.07. The number of halogens is 1. The number of aryl methyl sites for hydroxylation is 1. The standard InChI is InChI=1S/C21H26ClN3O4S/c1-15-6-5-7-17(12-15)13-25(16(2)21(27)23-3)20(26)14-24(4)30(28,29)19-10-8-18(22)9-11-19/h5-12,16H,13-14H2,1-4H3,(H,23,27)/t16-/m0/s1. The summed E-state index contributed by atoms with van der Waals surface area (Å²) in [6, 6.07) is 12.5. The maximum atomic E-state index is 13.1. The van der Waals surface area contributed by atoms with Gasteiger partial charge in [-0.25, -0.2) is 8.42 Å². The summed E-state index contributed by atoms with van der Waals surface area (Å²) < 4.78 is 26.6. The van der Waals surface area contributed by atoms with Gasteiger partial charge in [0.25, 0.3) is 0 Å². The van der Waals surface area contributed by atoms with Crippen LogP contribution >= 0.6 is 11.6 Å². The second kappa shape index (κ2) is 10.1. The lowest BCUT2D eigenvalue weighted by Gasteiger charge is -2.30. The van der Waals surface area contributed by atoms with Crippen molar-refractivity contribution in [3.8, 4) is 0 Å². The van der Waals surface area contributed by atoms with E-state index in [2.05, 4.69) is 5.32 Å². The van der Waals surface area contributed by atoms with Crippen LogP contribution < -0.4 is 5.32 Å². The first-order valence-corrected chi connectivity index (χ1v) is 11.2. The second-order valence-electron chi connectivity index (χ2n) is 7.02. The van der Waals surface area contributed by atoms with Gasteiger partial charge in [0.05, 0.1) is 11.4 Å². The van der Waals surface area contributed by atoms with Crippen LogP contribution in [0.25, 0.3) is 0 Å². The summed E-state index contributed by atoms with van der Waals surface area (Å²) in [5, 5.41) is 2.95. The number of nitrogens with zero attached hydrogens (tertiary/aromatic N) is 2. The molecule has 7 nitrogen and oxygen atoms in total. The molecule has 2 amide bonds. The molecule has 162 valence electrons. The van der Waals surface area contributed by atoms with Crippen LogP contribution in [0.3, 0.4) is 0 Å². The highest BCUT2D eigenvalue weighted by molar-refractivity contribution is 7.89.